The largest absolute Gasteiger partial charge is 0.481 e. The second kappa shape index (κ2) is 3.56. The molecule has 0 bridgehead atoms. The van der Waals surface area contributed by atoms with Gasteiger partial charge < -0.3 is 9.84 Å². The Morgan fingerprint density at radius 1 is 1.50 bits per heavy atom. The second-order valence-electron chi connectivity index (χ2n) is 2.61. The number of hydrogen-bond donors (Lipinski definition) is 1. The Kier molecular flexibility index (Phi) is 2.68. The van der Waals surface area contributed by atoms with Gasteiger partial charge in [-0.25, -0.2) is 0 Å². The second-order valence-corrected chi connectivity index (χ2v) is 2.61. The Balaban J connectivity index is 2.35. The highest BCUT2D eigenvalue weighted by molar-refractivity contribution is 5.70. The highest BCUT2D eigenvalue weighted by Crippen LogP contribution is 2.13. The summed E-state index contributed by atoms with van der Waals surface area (Å²) in [7, 11) is 0. The molecule has 3 nitrogen and oxygen atoms in total. The molecule has 0 saturated carbocycles. The predicted octanol–water partition coefficient (Wildman–Crippen LogP) is 0.888. The molecule has 1 saturated heterocycles. The number of carboxylic acid groups (broad SMARTS) is 1. The van der Waals surface area contributed by atoms with E-state index in [2.05, 4.69) is 0 Å². The van der Waals surface area contributed by atoms with Crippen molar-refractivity contribution in [2.45, 2.75) is 19.3 Å². The van der Waals surface area contributed by atoms with Crippen LogP contribution in [0.4, 0.5) is 0 Å². The lowest BCUT2D eigenvalue weighted by molar-refractivity contribution is -0.143. The van der Waals surface area contributed by atoms with E-state index >= 15 is 0 Å². The molecule has 3 heteroatoms. The van der Waals surface area contributed by atoms with Crippen LogP contribution in [0.2, 0.25) is 0 Å². The molecule has 0 radical (unpaired) electrons. The first-order chi connectivity index (χ1) is 4.80. The quantitative estimate of drug-likeness (QED) is 0.594. The Morgan fingerprint density at radius 3 is 3.00 bits per heavy atom. The van der Waals surface area contributed by atoms with Crippen LogP contribution in [0.25, 0.3) is 0 Å². The fourth-order valence-electron chi connectivity index (χ4n) is 1.10. The van der Waals surface area contributed by atoms with Crippen molar-refractivity contribution in [3.63, 3.8) is 0 Å². The van der Waals surface area contributed by atoms with Gasteiger partial charge in [0.1, 0.15) is 0 Å². The molecular weight excluding hydrogens is 132 g/mol. The third-order valence-corrected chi connectivity index (χ3v) is 1.76. The molecule has 1 atom stereocenters. The molecule has 0 spiro atoms. The van der Waals surface area contributed by atoms with Crippen molar-refractivity contribution in [2.75, 3.05) is 13.2 Å². The fraction of sp³-hybridized carbons (Fsp3) is 0.857. The van der Waals surface area contributed by atoms with Gasteiger partial charge in [0.15, 0.2) is 0 Å². The minimum Gasteiger partial charge on any atom is -0.481 e. The maximum Gasteiger partial charge on any atom is 0.308 e. The molecule has 1 fully saturated rings. The topological polar surface area (TPSA) is 46.5 Å². The summed E-state index contributed by atoms with van der Waals surface area (Å²) in [5, 5.41) is 8.58. The van der Waals surface area contributed by atoms with Crippen LogP contribution in [0.3, 0.4) is 0 Å². The Bertz CT molecular complexity index is 114. The summed E-state index contributed by atoms with van der Waals surface area (Å²) in [4.78, 5) is 10.4. The van der Waals surface area contributed by atoms with Gasteiger partial charge in [-0.2, -0.15) is 0 Å². The number of rotatable bonds is 1. The van der Waals surface area contributed by atoms with E-state index in [0.717, 1.165) is 25.9 Å². The molecule has 0 amide bonds. The minimum absolute atomic E-state index is 0.262. The fourth-order valence-corrected chi connectivity index (χ4v) is 1.10. The number of carbonyl (C=O) groups is 1. The molecule has 1 aliphatic heterocycles. The maximum atomic E-state index is 10.4. The van der Waals surface area contributed by atoms with Crippen LogP contribution in [0.1, 0.15) is 19.3 Å². The molecule has 0 aromatic rings. The first-order valence-corrected chi connectivity index (χ1v) is 3.61. The molecule has 1 aliphatic rings. The number of hydrogen-bond acceptors (Lipinski definition) is 2. The summed E-state index contributed by atoms with van der Waals surface area (Å²) in [6, 6.07) is 0. The summed E-state index contributed by atoms with van der Waals surface area (Å²) < 4.78 is 5.09. The van der Waals surface area contributed by atoms with Gasteiger partial charge in [-0.15, -0.1) is 0 Å². The van der Waals surface area contributed by atoms with E-state index in [4.69, 9.17) is 9.84 Å². The molecule has 1 unspecified atom stereocenters. The molecule has 1 N–H and O–H groups in total. The van der Waals surface area contributed by atoms with Crippen molar-refractivity contribution in [3.05, 3.63) is 0 Å². The first-order valence-electron chi connectivity index (χ1n) is 3.61. The molecular formula is C7H12O3. The molecule has 1 heterocycles. The normalized spacial score (nSPS) is 27.4. The Labute approximate surface area is 60.0 Å². The predicted molar refractivity (Wildman–Crippen MR) is 35.8 cm³/mol. The van der Waals surface area contributed by atoms with Gasteiger partial charge in [-0.05, 0) is 12.8 Å². The highest BCUT2D eigenvalue weighted by atomic mass is 16.5. The van der Waals surface area contributed by atoms with E-state index in [1.54, 1.807) is 0 Å². The lowest BCUT2D eigenvalue weighted by atomic mass is 10.1. The molecule has 0 aromatic carbocycles. The van der Waals surface area contributed by atoms with Crippen molar-refractivity contribution in [2.24, 2.45) is 5.92 Å². The van der Waals surface area contributed by atoms with E-state index in [1.807, 2.05) is 0 Å². The van der Waals surface area contributed by atoms with Gasteiger partial charge in [0.05, 0.1) is 12.5 Å². The van der Waals surface area contributed by atoms with E-state index in [-0.39, 0.29) is 5.92 Å². The smallest absolute Gasteiger partial charge is 0.308 e. The zero-order chi connectivity index (χ0) is 7.40. The van der Waals surface area contributed by atoms with E-state index < -0.39 is 5.97 Å². The SMILES string of the molecule is O=C(O)C1CCCCOC1. The molecule has 58 valence electrons. The van der Waals surface area contributed by atoms with Gasteiger partial charge in [0.25, 0.3) is 0 Å². The lowest BCUT2D eigenvalue weighted by Crippen LogP contribution is -2.17. The van der Waals surface area contributed by atoms with Crippen LogP contribution in [0.15, 0.2) is 0 Å². The van der Waals surface area contributed by atoms with Crippen molar-refractivity contribution in [1.29, 1.82) is 0 Å². The minimum atomic E-state index is -0.720. The zero-order valence-corrected chi connectivity index (χ0v) is 5.88. The van der Waals surface area contributed by atoms with Crippen molar-refractivity contribution in [3.8, 4) is 0 Å². The Morgan fingerprint density at radius 2 is 2.30 bits per heavy atom. The summed E-state index contributed by atoms with van der Waals surface area (Å²) in [5.41, 5.74) is 0. The van der Waals surface area contributed by atoms with Crippen LogP contribution >= 0.6 is 0 Å². The van der Waals surface area contributed by atoms with Crippen molar-refractivity contribution < 1.29 is 14.6 Å². The van der Waals surface area contributed by atoms with Gasteiger partial charge in [-0.1, -0.05) is 6.42 Å². The number of ether oxygens (including phenoxy) is 1. The molecule has 10 heavy (non-hydrogen) atoms. The molecule has 0 aromatic heterocycles. The summed E-state index contributed by atoms with van der Waals surface area (Å²) >= 11 is 0. The highest BCUT2D eigenvalue weighted by Gasteiger charge is 2.18. The maximum absolute atomic E-state index is 10.4. The van der Waals surface area contributed by atoms with Crippen LogP contribution < -0.4 is 0 Å². The van der Waals surface area contributed by atoms with E-state index in [1.165, 1.54) is 0 Å². The summed E-state index contributed by atoms with van der Waals surface area (Å²) in [6.45, 7) is 1.12. The third-order valence-electron chi connectivity index (χ3n) is 1.76. The lowest BCUT2D eigenvalue weighted by Gasteiger charge is -2.05. The van der Waals surface area contributed by atoms with Gasteiger partial charge in [0, 0.05) is 6.61 Å². The van der Waals surface area contributed by atoms with Crippen LogP contribution in [0.5, 0.6) is 0 Å². The standard InChI is InChI=1S/C7H12O3/c8-7(9)6-3-1-2-4-10-5-6/h6H,1-5H2,(H,8,9). The van der Waals surface area contributed by atoms with Gasteiger partial charge in [-0.3, -0.25) is 4.79 Å². The average molecular weight is 144 g/mol. The zero-order valence-electron chi connectivity index (χ0n) is 5.88. The van der Waals surface area contributed by atoms with Gasteiger partial charge >= 0.3 is 5.97 Å². The molecule has 1 rings (SSSR count). The van der Waals surface area contributed by atoms with E-state index in [9.17, 15) is 4.79 Å². The first kappa shape index (κ1) is 7.54. The van der Waals surface area contributed by atoms with Crippen molar-refractivity contribution >= 4 is 5.97 Å². The Hall–Kier alpha value is -0.570. The van der Waals surface area contributed by atoms with Crippen LogP contribution in [-0.2, 0) is 9.53 Å². The average Bonchev–Trinajstić information content (AvgIpc) is 2.12. The monoisotopic (exact) mass is 144 g/mol. The number of carboxylic acids is 1. The molecule has 0 aliphatic carbocycles. The number of aliphatic carboxylic acids is 1. The summed E-state index contributed by atoms with van der Waals surface area (Å²) in [6.07, 6.45) is 2.76. The van der Waals surface area contributed by atoms with Gasteiger partial charge in [0.2, 0.25) is 0 Å². The summed E-state index contributed by atoms with van der Waals surface area (Å²) in [5.74, 6) is -0.982. The van der Waals surface area contributed by atoms with Crippen LogP contribution in [0, 0.1) is 5.92 Å². The van der Waals surface area contributed by atoms with E-state index in [0.29, 0.717) is 6.61 Å². The third kappa shape index (κ3) is 1.99. The van der Waals surface area contributed by atoms with Crippen molar-refractivity contribution in [1.82, 2.24) is 0 Å². The van der Waals surface area contributed by atoms with Crippen LogP contribution in [-0.4, -0.2) is 24.3 Å².